The van der Waals surface area contributed by atoms with E-state index in [2.05, 4.69) is 26.6 Å². The lowest BCUT2D eigenvalue weighted by Crippen LogP contribution is -2.62. The molecule has 0 unspecified atom stereocenters. The predicted octanol–water partition coefficient (Wildman–Crippen LogP) is -5.95. The van der Waals surface area contributed by atoms with Crippen molar-refractivity contribution in [2.24, 2.45) is 17.2 Å². The highest BCUT2D eigenvalue weighted by atomic mass is 16.4. The van der Waals surface area contributed by atoms with E-state index in [-0.39, 0.29) is 12.2 Å². The number of carbonyl (C=O) groups excluding carboxylic acids is 7. The van der Waals surface area contributed by atoms with Gasteiger partial charge in [0, 0.05) is 12.8 Å². The second-order valence-electron chi connectivity index (χ2n) is 11.8. The minimum absolute atomic E-state index is 0.141. The monoisotopic (exact) mass is 726 g/mol. The summed E-state index contributed by atoms with van der Waals surface area (Å²) in [6.07, 6.45) is -6.57. The van der Waals surface area contributed by atoms with E-state index < -0.39 is 121 Å². The number of rotatable bonds is 21. The van der Waals surface area contributed by atoms with Crippen LogP contribution in [0.25, 0.3) is 0 Å². The fourth-order valence-corrected chi connectivity index (χ4v) is 4.36. The third-order valence-electron chi connectivity index (χ3n) is 7.29. The predicted molar refractivity (Wildman–Crippen MR) is 174 cm³/mol. The van der Waals surface area contributed by atoms with Crippen molar-refractivity contribution in [1.29, 1.82) is 0 Å². The molecule has 0 aromatic heterocycles. The first-order valence-corrected chi connectivity index (χ1v) is 15.5. The Morgan fingerprint density at radius 3 is 1.51 bits per heavy atom. The maximum Gasteiger partial charge on any atom is 0.326 e. The fraction of sp³-hybridized carbons (Fsp3) is 0.533. The van der Waals surface area contributed by atoms with Crippen LogP contribution in [-0.2, 0) is 44.8 Å². The fourth-order valence-electron chi connectivity index (χ4n) is 4.36. The number of amides is 7. The lowest BCUT2D eigenvalue weighted by atomic mass is 10.0. The standard InChI is InChI=1S/C30H46N8O13/c1-12(39)22(33)27(47)38-24(14(3)41)29(49)36-19(11-21(32)44)25(45)35-18(10-15-4-6-16(42)7-5-15)26(46)37-23(13(2)40)28(48)34-17(30(50)51)8-9-20(31)43/h4-7,12-14,17-19,22-24,39-42H,8-11,33H2,1-3H3,(H2,31,43)(H2,32,44)(H,34,48)(H,35,45)(H,36,49)(H,37,46)(H,38,47)(H,50,51)/t12-,13-,14-,17+,18+,19+,22+,23+,24+/m1/s1. The van der Waals surface area contributed by atoms with Crippen LogP contribution in [0.5, 0.6) is 5.75 Å². The molecule has 0 aliphatic heterocycles. The maximum atomic E-state index is 13.6. The van der Waals surface area contributed by atoms with Crippen molar-refractivity contribution in [3.8, 4) is 5.75 Å². The zero-order valence-corrected chi connectivity index (χ0v) is 28.1. The van der Waals surface area contributed by atoms with E-state index >= 15 is 0 Å². The Balaban J connectivity index is 3.38. The van der Waals surface area contributed by atoms with E-state index in [9.17, 15) is 63.9 Å². The summed E-state index contributed by atoms with van der Waals surface area (Å²) in [4.78, 5) is 100. The molecule has 0 radical (unpaired) electrons. The number of carboxylic acids is 1. The Hall–Kier alpha value is -5.38. The smallest absolute Gasteiger partial charge is 0.326 e. The molecule has 0 bridgehead atoms. The zero-order chi connectivity index (χ0) is 39.2. The third kappa shape index (κ3) is 15.0. The number of benzene rings is 1. The van der Waals surface area contributed by atoms with Gasteiger partial charge in [0.25, 0.3) is 0 Å². The van der Waals surface area contributed by atoms with Crippen LogP contribution in [-0.4, -0.2) is 127 Å². The average molecular weight is 727 g/mol. The van der Waals surface area contributed by atoms with Crippen LogP contribution in [0.3, 0.4) is 0 Å². The van der Waals surface area contributed by atoms with Crippen molar-refractivity contribution >= 4 is 47.3 Å². The molecule has 0 saturated carbocycles. The number of aliphatic carboxylic acids is 1. The Kier molecular flexibility index (Phi) is 17.4. The number of hydrogen-bond donors (Lipinski definition) is 13. The van der Waals surface area contributed by atoms with Gasteiger partial charge in [-0.25, -0.2) is 4.79 Å². The molecule has 51 heavy (non-hydrogen) atoms. The molecule has 0 saturated heterocycles. The number of aliphatic hydroxyl groups excluding tert-OH is 3. The molecule has 21 nitrogen and oxygen atoms in total. The van der Waals surface area contributed by atoms with E-state index in [0.717, 1.165) is 13.8 Å². The number of hydrogen-bond acceptors (Lipinski definition) is 13. The molecule has 7 amide bonds. The number of carbonyl (C=O) groups is 8. The number of phenols is 1. The van der Waals surface area contributed by atoms with Gasteiger partial charge in [-0.3, -0.25) is 33.6 Å². The Labute approximate surface area is 291 Å². The normalized spacial score (nSPS) is 16.3. The van der Waals surface area contributed by atoms with Crippen molar-refractivity contribution in [2.75, 3.05) is 0 Å². The maximum absolute atomic E-state index is 13.6. The van der Waals surface area contributed by atoms with Crippen molar-refractivity contribution in [1.82, 2.24) is 26.6 Å². The number of carboxylic acid groups (broad SMARTS) is 1. The minimum Gasteiger partial charge on any atom is -0.508 e. The highest BCUT2D eigenvalue weighted by Crippen LogP contribution is 2.12. The first kappa shape index (κ1) is 43.6. The lowest BCUT2D eigenvalue weighted by molar-refractivity contribution is -0.143. The van der Waals surface area contributed by atoms with Gasteiger partial charge in [0.05, 0.1) is 24.7 Å². The molecular formula is C30H46N8O13. The van der Waals surface area contributed by atoms with Crippen LogP contribution in [0.4, 0.5) is 0 Å². The largest absolute Gasteiger partial charge is 0.508 e. The molecule has 1 aromatic carbocycles. The van der Waals surface area contributed by atoms with Gasteiger partial charge in [-0.15, -0.1) is 0 Å². The molecule has 284 valence electrons. The van der Waals surface area contributed by atoms with E-state index in [4.69, 9.17) is 17.2 Å². The first-order chi connectivity index (χ1) is 23.6. The highest BCUT2D eigenvalue weighted by Gasteiger charge is 2.36. The molecular weight excluding hydrogens is 680 g/mol. The summed E-state index contributed by atoms with van der Waals surface area (Å²) < 4.78 is 0. The number of aliphatic hydroxyl groups is 3. The average Bonchev–Trinajstić information content (AvgIpc) is 3.02. The molecule has 0 heterocycles. The third-order valence-corrected chi connectivity index (χ3v) is 7.29. The van der Waals surface area contributed by atoms with Gasteiger partial charge in [-0.1, -0.05) is 12.1 Å². The van der Waals surface area contributed by atoms with Gasteiger partial charge in [0.2, 0.25) is 41.4 Å². The number of nitrogens with one attached hydrogen (secondary N) is 5. The van der Waals surface area contributed by atoms with Gasteiger partial charge >= 0.3 is 5.97 Å². The van der Waals surface area contributed by atoms with E-state index in [0.29, 0.717) is 5.56 Å². The quantitative estimate of drug-likeness (QED) is 0.0561. The van der Waals surface area contributed by atoms with Gasteiger partial charge in [-0.05, 0) is 44.9 Å². The molecule has 16 N–H and O–H groups in total. The highest BCUT2D eigenvalue weighted by molar-refractivity contribution is 5.98. The molecule has 1 aromatic rings. The summed E-state index contributed by atoms with van der Waals surface area (Å²) in [5.41, 5.74) is 16.2. The van der Waals surface area contributed by atoms with Crippen molar-refractivity contribution in [3.05, 3.63) is 29.8 Å². The van der Waals surface area contributed by atoms with Crippen molar-refractivity contribution < 1.29 is 63.9 Å². The van der Waals surface area contributed by atoms with Crippen LogP contribution in [0.1, 0.15) is 45.6 Å². The van der Waals surface area contributed by atoms with Crippen LogP contribution in [0.2, 0.25) is 0 Å². The minimum atomic E-state index is -1.81. The molecule has 0 aliphatic carbocycles. The Bertz CT molecular complexity index is 1420. The number of aromatic hydroxyl groups is 1. The van der Waals surface area contributed by atoms with Crippen molar-refractivity contribution in [3.63, 3.8) is 0 Å². The van der Waals surface area contributed by atoms with Crippen molar-refractivity contribution in [2.45, 2.75) is 101 Å². The summed E-state index contributed by atoms with van der Waals surface area (Å²) in [5, 5.41) is 60.1. The van der Waals surface area contributed by atoms with Gasteiger partial charge in [0.1, 0.15) is 42.0 Å². The summed E-state index contributed by atoms with van der Waals surface area (Å²) in [6.45, 7) is 3.42. The summed E-state index contributed by atoms with van der Waals surface area (Å²) >= 11 is 0. The SMILES string of the molecule is C[C@@H](O)[C@H](N)C(=O)N[C@H](C(=O)N[C@@H](CC(N)=O)C(=O)N[C@@H](Cc1ccc(O)cc1)C(=O)N[C@H](C(=O)N[C@@H](CCC(N)=O)C(=O)O)[C@@H](C)O)[C@@H](C)O. The van der Waals surface area contributed by atoms with E-state index in [1.165, 1.54) is 31.2 Å². The summed E-state index contributed by atoms with van der Waals surface area (Å²) in [7, 11) is 0. The molecule has 0 aliphatic rings. The molecule has 21 heteroatoms. The van der Waals surface area contributed by atoms with Crippen LogP contribution in [0, 0.1) is 0 Å². The number of primary amides is 2. The lowest BCUT2D eigenvalue weighted by Gasteiger charge is -2.28. The van der Waals surface area contributed by atoms with Gasteiger partial charge in [-0.2, -0.15) is 0 Å². The molecule has 1 rings (SSSR count). The number of nitrogens with two attached hydrogens (primary N) is 3. The second kappa shape index (κ2) is 20.3. The Morgan fingerprint density at radius 1 is 0.627 bits per heavy atom. The first-order valence-electron chi connectivity index (χ1n) is 15.5. The zero-order valence-electron chi connectivity index (χ0n) is 28.1. The summed E-state index contributed by atoms with van der Waals surface area (Å²) in [5.74, 6) is -9.33. The van der Waals surface area contributed by atoms with Crippen LogP contribution in [0.15, 0.2) is 24.3 Å². The van der Waals surface area contributed by atoms with Gasteiger partial charge in [0.15, 0.2) is 0 Å². The molecule has 9 atom stereocenters. The van der Waals surface area contributed by atoms with E-state index in [1.807, 2.05) is 0 Å². The molecule has 0 fully saturated rings. The Morgan fingerprint density at radius 2 is 1.08 bits per heavy atom. The van der Waals surface area contributed by atoms with E-state index in [1.54, 1.807) is 0 Å². The summed E-state index contributed by atoms with van der Waals surface area (Å²) in [6, 6.07) is -4.84. The molecule has 0 spiro atoms. The van der Waals surface area contributed by atoms with Crippen LogP contribution < -0.4 is 43.8 Å². The topological polar surface area (TPSA) is 376 Å². The van der Waals surface area contributed by atoms with Crippen LogP contribution >= 0.6 is 0 Å². The second-order valence-corrected chi connectivity index (χ2v) is 11.8. The van der Waals surface area contributed by atoms with Gasteiger partial charge < -0.3 is 69.3 Å². The number of phenolic OH excluding ortho intramolecular Hbond substituents is 1.